The van der Waals surface area contributed by atoms with E-state index in [4.69, 9.17) is 5.11 Å². The minimum Gasteiger partial charge on any atom is -0.450 e. The Morgan fingerprint density at radius 3 is 1.36 bits per heavy atom. The molecule has 3 nitrogen and oxygen atoms in total. The van der Waals surface area contributed by atoms with Gasteiger partial charge in [0.1, 0.15) is 6.61 Å². The highest BCUT2D eigenvalue weighted by atomic mass is 19.4. The van der Waals surface area contributed by atoms with E-state index < -0.39 is 55.0 Å². The Balaban J connectivity index is 5.90. The maximum absolute atomic E-state index is 13.0. The molecule has 0 atom stereocenters. The van der Waals surface area contributed by atoms with Crippen molar-refractivity contribution in [1.82, 2.24) is 0 Å². The van der Waals surface area contributed by atoms with Crippen LogP contribution in [0.4, 0.5) is 61.9 Å². The van der Waals surface area contributed by atoms with Crippen molar-refractivity contribution in [3.05, 3.63) is 0 Å². The second kappa shape index (κ2) is 6.26. The molecule has 0 aromatic carbocycles. The minimum atomic E-state index is -7.97. The van der Waals surface area contributed by atoms with E-state index in [-0.39, 0.29) is 0 Å². The number of ether oxygens (including phenoxy) is 1. The molecular weight excluding hydrogens is 403 g/mol. The average Bonchev–Trinajstić information content (AvgIpc) is 2.35. The summed E-state index contributed by atoms with van der Waals surface area (Å²) in [5.74, 6) is -37.4. The Morgan fingerprint density at radius 2 is 1.04 bits per heavy atom. The molecule has 0 saturated heterocycles. The fraction of sp³-hybridized carbons (Fsp3) is 0.889. The Labute approximate surface area is 128 Å². The van der Waals surface area contributed by atoms with Gasteiger partial charge in [-0.05, 0) is 0 Å². The molecule has 150 valence electrons. The Bertz CT molecular complexity index is 495. The lowest BCUT2D eigenvalue weighted by molar-refractivity contribution is -0.440. The van der Waals surface area contributed by atoms with Gasteiger partial charge in [0.2, 0.25) is 0 Å². The number of carbonyl (C=O) groups is 1. The summed E-state index contributed by atoms with van der Waals surface area (Å²) < 4.78 is 167. The van der Waals surface area contributed by atoms with Gasteiger partial charge in [-0.2, -0.15) is 57.1 Å². The van der Waals surface area contributed by atoms with Crippen molar-refractivity contribution in [3.8, 4) is 0 Å². The fourth-order valence-corrected chi connectivity index (χ4v) is 1.23. The molecule has 0 aliphatic heterocycles. The third kappa shape index (κ3) is 3.65. The number of halogens is 13. The Morgan fingerprint density at radius 1 is 0.680 bits per heavy atom. The van der Waals surface area contributed by atoms with E-state index >= 15 is 0 Å². The smallest absolute Gasteiger partial charge is 0.450 e. The van der Waals surface area contributed by atoms with Crippen LogP contribution < -0.4 is 0 Å². The van der Waals surface area contributed by atoms with E-state index in [2.05, 4.69) is 4.74 Å². The zero-order valence-corrected chi connectivity index (χ0v) is 11.1. The molecule has 0 spiro atoms. The van der Waals surface area contributed by atoms with Gasteiger partial charge in [-0.1, -0.05) is 0 Å². The van der Waals surface area contributed by atoms with E-state index in [1.54, 1.807) is 0 Å². The van der Waals surface area contributed by atoms with Crippen molar-refractivity contribution in [2.75, 3.05) is 6.61 Å². The molecule has 0 aromatic rings. The molecule has 0 unspecified atom stereocenters. The molecular formula is C9H5F13O3. The van der Waals surface area contributed by atoms with Crippen molar-refractivity contribution in [3.63, 3.8) is 0 Å². The van der Waals surface area contributed by atoms with Gasteiger partial charge < -0.3 is 9.84 Å². The van der Waals surface area contributed by atoms with Crippen LogP contribution in [0.2, 0.25) is 0 Å². The van der Waals surface area contributed by atoms with E-state index in [0.29, 0.717) is 0 Å². The summed E-state index contributed by atoms with van der Waals surface area (Å²) in [7, 11) is 0. The summed E-state index contributed by atoms with van der Waals surface area (Å²) in [4.78, 5) is 9.79. The summed E-state index contributed by atoms with van der Waals surface area (Å²) >= 11 is 0. The average molecular weight is 408 g/mol. The summed E-state index contributed by atoms with van der Waals surface area (Å²) in [5, 5.41) is 7.85. The van der Waals surface area contributed by atoms with Gasteiger partial charge in [-0.25, -0.2) is 4.79 Å². The molecule has 0 saturated carbocycles. The number of hydrogen-bond acceptors (Lipinski definition) is 2. The fourth-order valence-electron chi connectivity index (χ4n) is 1.23. The zero-order chi connectivity index (χ0) is 20.7. The highest BCUT2D eigenvalue weighted by molar-refractivity contribution is 5.56. The molecule has 0 aromatic heterocycles. The van der Waals surface area contributed by atoms with E-state index in [1.807, 2.05) is 0 Å². The van der Waals surface area contributed by atoms with Gasteiger partial charge >= 0.3 is 41.9 Å². The van der Waals surface area contributed by atoms with Crippen LogP contribution in [0, 0.1) is 0 Å². The normalized spacial score (nSPS) is 15.2. The van der Waals surface area contributed by atoms with E-state index in [9.17, 15) is 61.9 Å². The molecule has 16 heteroatoms. The predicted molar refractivity (Wildman–Crippen MR) is 49.4 cm³/mol. The van der Waals surface area contributed by atoms with Crippen LogP contribution in [0.1, 0.15) is 6.42 Å². The Kier molecular flexibility index (Phi) is 5.85. The van der Waals surface area contributed by atoms with Crippen molar-refractivity contribution < 1.29 is 71.7 Å². The van der Waals surface area contributed by atoms with Crippen molar-refractivity contribution in [1.29, 1.82) is 0 Å². The number of alkyl halides is 13. The van der Waals surface area contributed by atoms with Gasteiger partial charge in [0, 0.05) is 0 Å². The predicted octanol–water partition coefficient (Wildman–Crippen LogP) is 4.81. The Hall–Kier alpha value is -1.64. The van der Waals surface area contributed by atoms with Gasteiger partial charge in [0.25, 0.3) is 0 Å². The van der Waals surface area contributed by atoms with Crippen LogP contribution in [-0.4, -0.2) is 53.7 Å². The first-order chi connectivity index (χ1) is 10.7. The minimum absolute atomic E-state index is 1.98. The van der Waals surface area contributed by atoms with E-state index in [0.717, 1.165) is 0 Å². The van der Waals surface area contributed by atoms with Crippen molar-refractivity contribution >= 4 is 6.16 Å². The second-order valence-corrected chi connectivity index (χ2v) is 4.36. The summed E-state index contributed by atoms with van der Waals surface area (Å²) in [6.07, 6.45) is -12.6. The molecule has 0 radical (unpaired) electrons. The van der Waals surface area contributed by atoms with Gasteiger partial charge in [-0.15, -0.1) is 0 Å². The maximum Gasteiger partial charge on any atom is 0.505 e. The molecule has 0 fully saturated rings. The monoisotopic (exact) mass is 408 g/mol. The lowest BCUT2D eigenvalue weighted by atomic mass is 9.93. The molecule has 0 amide bonds. The first-order valence-corrected chi connectivity index (χ1v) is 5.48. The molecule has 0 aliphatic rings. The number of hydrogen-bond donors (Lipinski definition) is 1. The topological polar surface area (TPSA) is 46.5 Å². The highest BCUT2D eigenvalue weighted by Crippen LogP contribution is 2.60. The third-order valence-electron chi connectivity index (χ3n) is 2.64. The zero-order valence-electron chi connectivity index (χ0n) is 11.1. The van der Waals surface area contributed by atoms with Gasteiger partial charge in [0.15, 0.2) is 0 Å². The first kappa shape index (κ1) is 23.4. The SMILES string of the molecule is O=C(O)OCCC(F)(F)C(F)(F)C(F)(F)C(F)(F)C(F)(F)C(F)(F)F. The second-order valence-electron chi connectivity index (χ2n) is 4.36. The summed E-state index contributed by atoms with van der Waals surface area (Å²) in [5.41, 5.74) is 0. The lowest BCUT2D eigenvalue weighted by Crippen LogP contribution is -2.70. The largest absolute Gasteiger partial charge is 0.505 e. The standard InChI is InChI=1S/C9H5F13O3/c10-4(11,1-2-25-3(23)24)5(12,13)6(14,15)7(16,17)8(18,19)9(20,21)22/h1-2H2,(H,23,24). The molecule has 25 heavy (non-hydrogen) atoms. The quantitative estimate of drug-likeness (QED) is 0.486. The lowest BCUT2D eigenvalue weighted by Gasteiger charge is -2.39. The van der Waals surface area contributed by atoms with Crippen LogP contribution in [-0.2, 0) is 4.74 Å². The first-order valence-electron chi connectivity index (χ1n) is 5.48. The van der Waals surface area contributed by atoms with Crippen molar-refractivity contribution in [2.45, 2.75) is 42.2 Å². The maximum atomic E-state index is 13.0. The molecule has 0 rings (SSSR count). The van der Waals surface area contributed by atoms with Gasteiger partial charge in [0.05, 0.1) is 6.42 Å². The van der Waals surface area contributed by atoms with Crippen LogP contribution >= 0.6 is 0 Å². The van der Waals surface area contributed by atoms with Crippen LogP contribution in [0.3, 0.4) is 0 Å². The highest BCUT2D eigenvalue weighted by Gasteiger charge is 2.90. The summed E-state index contributed by atoms with van der Waals surface area (Å²) in [6, 6.07) is 0. The molecule has 1 N–H and O–H groups in total. The van der Waals surface area contributed by atoms with Crippen LogP contribution in [0.25, 0.3) is 0 Å². The third-order valence-corrected chi connectivity index (χ3v) is 2.64. The van der Waals surface area contributed by atoms with E-state index in [1.165, 1.54) is 0 Å². The summed E-state index contributed by atoms with van der Waals surface area (Å²) in [6.45, 7) is -1.98. The number of rotatable bonds is 7. The van der Waals surface area contributed by atoms with Gasteiger partial charge in [-0.3, -0.25) is 0 Å². The number of carboxylic acid groups (broad SMARTS) is 1. The van der Waals surface area contributed by atoms with Crippen LogP contribution in [0.15, 0.2) is 0 Å². The molecule has 0 aliphatic carbocycles. The molecule has 0 bridgehead atoms. The van der Waals surface area contributed by atoms with Crippen molar-refractivity contribution in [2.24, 2.45) is 0 Å². The molecule has 0 heterocycles. The van der Waals surface area contributed by atoms with Crippen LogP contribution in [0.5, 0.6) is 0 Å².